The molecule has 1 heterocycles. The maximum atomic E-state index is 4.83. The number of hydrogen-bond acceptors (Lipinski definition) is 2. The van der Waals surface area contributed by atoms with E-state index in [2.05, 4.69) is 108 Å². The van der Waals surface area contributed by atoms with Crippen molar-refractivity contribution in [3.05, 3.63) is 114 Å². The second kappa shape index (κ2) is 119. The third kappa shape index (κ3) is 95.0. The van der Waals surface area contributed by atoms with Crippen LogP contribution >= 0.6 is 0 Å². The number of benzene rings is 4. The van der Waals surface area contributed by atoms with Gasteiger partial charge >= 0.3 is 0 Å². The van der Waals surface area contributed by atoms with Crippen molar-refractivity contribution in [2.24, 2.45) is 0 Å². The van der Waals surface area contributed by atoms with E-state index in [1.807, 2.05) is 764 Å². The lowest BCUT2D eigenvalue weighted by atomic mass is 10.0. The van der Waals surface area contributed by atoms with Gasteiger partial charge in [-0.25, -0.2) is 0 Å². The van der Waals surface area contributed by atoms with Crippen LogP contribution in [0.25, 0.3) is 27.5 Å². The molecule has 0 amide bonds. The molecular formula is C25H19NS102. The summed E-state index contributed by atoms with van der Waals surface area (Å²) in [7, 11) is 181. The van der Waals surface area contributed by atoms with Crippen LogP contribution in [-0.4, -0.2) is 4.57 Å². The molecule has 5 rings (SSSR count). The van der Waals surface area contributed by atoms with Crippen LogP contribution in [0.1, 0.15) is 11.1 Å². The second-order valence-electron chi connectivity index (χ2n) is 13.5. The second-order valence-corrected chi connectivity index (χ2v) is 190. The van der Waals surface area contributed by atoms with Crippen LogP contribution in [-0.2, 0) is 917 Å². The Morgan fingerprint density at radius 3 is 0.406 bits per heavy atom. The molecule has 4 aromatic carbocycles. The molecule has 0 fully saturated rings. The molecule has 0 atom stereocenters. The van der Waals surface area contributed by atoms with Gasteiger partial charge in [0.05, 0.1) is 11.0 Å². The van der Waals surface area contributed by atoms with Gasteiger partial charge in [-0.1, -0.05) is 78.9 Å². The van der Waals surface area contributed by atoms with Crippen LogP contribution in [0, 0.1) is 0 Å². The lowest BCUT2D eigenvalue weighted by Crippen LogP contribution is -1.95. The Bertz CT molecular complexity index is 9670. The minimum atomic E-state index is 0.967. The monoisotopic (exact) mass is 3590 g/mol. The molecule has 0 aliphatic carbocycles. The van der Waals surface area contributed by atoms with Crippen molar-refractivity contribution in [1.82, 2.24) is 4.57 Å². The molecule has 0 radical (unpaired) electrons. The number of hydrogen-bond donors (Lipinski definition) is 0. The molecule has 0 aliphatic heterocycles. The van der Waals surface area contributed by atoms with Crippen LogP contribution in [0.2, 0.25) is 0 Å². The fraction of sp³-hybridized carbons (Fsp3) is 0.0400. The zero-order chi connectivity index (χ0) is 90.1. The van der Waals surface area contributed by atoms with Crippen molar-refractivity contribution >= 4 is 932 Å². The fourth-order valence-electron chi connectivity index (χ4n) is 4.91. The molecule has 1 aromatic heterocycles. The zero-order valence-corrected chi connectivity index (χ0v) is 139. The molecule has 0 N–H and O–H groups in total. The van der Waals surface area contributed by atoms with Crippen LogP contribution in [0.15, 0.2) is 103 Å². The van der Waals surface area contributed by atoms with E-state index in [9.17, 15) is 0 Å². The summed E-state index contributed by atoms with van der Waals surface area (Å²) in [5, 5.41) is 2.60. The smallest absolute Gasteiger partial charge is 0.0541 e. The fourth-order valence-corrected chi connectivity index (χ4v) is 274. The van der Waals surface area contributed by atoms with Gasteiger partial charge < -0.3 is 4.57 Å². The van der Waals surface area contributed by atoms with Crippen LogP contribution in [0.4, 0.5) is 0 Å². The van der Waals surface area contributed by atoms with E-state index in [1.165, 1.54) is 56.4 Å². The molecule has 0 saturated heterocycles. The van der Waals surface area contributed by atoms with E-state index in [0.717, 1.165) is 6.42 Å². The zero-order valence-electron chi connectivity index (χ0n) is 56.1. The average Bonchev–Trinajstić information content (AvgIpc) is 1.60. The summed E-state index contributed by atoms with van der Waals surface area (Å²) in [6.45, 7) is 0. The highest BCUT2D eigenvalue weighted by atomic mass is 33.6. The highest BCUT2D eigenvalue weighted by molar-refractivity contribution is 8.87. The lowest BCUT2D eigenvalue weighted by Gasteiger charge is -2.09. The highest BCUT2D eigenvalue weighted by Crippen LogP contribution is 2.31. The normalized spacial score (nSPS) is 8.56. The first kappa shape index (κ1) is 139. The molecule has 1 nitrogen and oxygen atoms in total. The third-order valence-electron chi connectivity index (χ3n) is 7.78. The summed E-state index contributed by atoms with van der Waals surface area (Å²) < 4.78 is 2.36. The van der Waals surface area contributed by atoms with Crippen LogP contribution < -0.4 is 0 Å². The first-order valence-corrected chi connectivity index (χ1v) is 161. The molecule has 5 aromatic rings. The molecular weight excluding hydrogens is 3590 g/mol. The molecule has 0 bridgehead atoms. The van der Waals surface area contributed by atoms with Crippen LogP contribution in [0.5, 0.6) is 0 Å². The maximum absolute atomic E-state index is 4.83. The summed E-state index contributed by atoms with van der Waals surface area (Å²) in [5.74, 6) is 0. The summed E-state index contributed by atoms with van der Waals surface area (Å²) in [5.41, 5.74) is 6.39. The Hall–Kier alpha value is 19.1. The van der Waals surface area contributed by atoms with Gasteiger partial charge in [0.2, 0.25) is 0 Å². The molecule has 0 unspecified atom stereocenters. The number of rotatable bonds is 3. The van der Waals surface area contributed by atoms with Crippen molar-refractivity contribution in [3.8, 4) is 5.69 Å². The van der Waals surface area contributed by atoms with Crippen molar-refractivity contribution < 1.29 is 0 Å². The van der Waals surface area contributed by atoms with E-state index in [-0.39, 0.29) is 0 Å². The number of aromatic nitrogens is 1. The summed E-state index contributed by atoms with van der Waals surface area (Å²) in [4.78, 5) is 0. The Labute approximate surface area is 1030 Å². The van der Waals surface area contributed by atoms with Gasteiger partial charge in [-0.15, -0.1) is 0 Å². The van der Waals surface area contributed by atoms with Crippen molar-refractivity contribution in [2.45, 2.75) is 6.42 Å². The van der Waals surface area contributed by atoms with Gasteiger partial charge in [0.25, 0.3) is 0 Å². The Kier molecular flexibility index (Phi) is 129. The van der Waals surface area contributed by atoms with E-state index in [0.29, 0.717) is 0 Å². The highest BCUT2D eigenvalue weighted by Gasteiger charge is 2.11. The first-order valence-electron chi connectivity index (χ1n) is 25.8. The quantitative estimate of drug-likeness (QED) is 0.215. The number of fused-ring (bicyclic) bond motifs is 3. The molecule has 736 valence electrons. The summed E-state index contributed by atoms with van der Waals surface area (Å²) in [6, 6.07) is 36.8. The van der Waals surface area contributed by atoms with Gasteiger partial charge in [0, 0.05) is 927 Å². The predicted octanol–water partition coefficient (Wildman–Crippen LogP) is 6.13. The average molecular weight is 3600 g/mol. The van der Waals surface area contributed by atoms with E-state index in [4.69, 9.17) is 22.4 Å². The molecule has 103 heteroatoms. The molecule has 128 heavy (non-hydrogen) atoms. The molecule has 0 aliphatic rings. The standard InChI is InChI=1S/C25H19N.S102/c1-2-8-19(9-3-1)18-20-14-16-21(17-15-20)26-24-12-6-4-10-22(24)23-11-5-7-13-25(23)26;1-3-5-7-9-11-13-15-17-19-21-23-25-27-29-31-33-35-37-39-41-43-45-47-49-51-53-55-57-59-61-63-65-67-69-71-73-75-77-79-81-83-85-87-89-91-93-95-97-99-101-102-100-98-96-94-92-90-88-86-84-82-80-78-76-74-72-70-68-66-64-62-60-58-56-54-52-50-48-46-44-42-40-38-36-34-32-30-28-26-24-22-20-18-16-14-12-10-8-6-4-2/h1-17H,18H2;. The van der Waals surface area contributed by atoms with Gasteiger partial charge in [0.1, 0.15) is 0 Å². The SMILES string of the molecule is S=S=S=S=S=S=S=S=S=S=S=S=S=S=S=S=S=S=S=S=S=S=S=S=S=S=S=S=S=S=S=S=S=S=S=S=S=S=S=S=S=S=S=S=S=S=S=S=S=S=S=S=S=S=S=S=S=S=S=S=S=S=S=S=S=S=S=S=S=S=S=S=S=S=S=S=S=S=S=S=S=S=S=S=S=S=S=S=S=S=S=S=S=S=S=S=S=S=S=S=S=S.c1ccc(Cc2ccc(-n3c4ccccc4c4ccccc43)cc2)cc1. The van der Waals surface area contributed by atoms with E-state index >= 15 is 0 Å². The Morgan fingerprint density at radius 2 is 0.258 bits per heavy atom. The van der Waals surface area contributed by atoms with E-state index < -0.39 is 0 Å². The maximum Gasteiger partial charge on any atom is 0.0541 e. The third-order valence-corrected chi connectivity index (χ3v) is 228. The van der Waals surface area contributed by atoms with Gasteiger partial charge in [-0.2, -0.15) is 0 Å². The van der Waals surface area contributed by atoms with Gasteiger partial charge in [-0.3, -0.25) is 0 Å². The van der Waals surface area contributed by atoms with Crippen molar-refractivity contribution in [1.29, 1.82) is 0 Å². The van der Waals surface area contributed by atoms with Crippen molar-refractivity contribution in [3.63, 3.8) is 0 Å². The van der Waals surface area contributed by atoms with E-state index in [1.54, 1.807) is 107 Å². The Morgan fingerprint density at radius 1 is 0.133 bits per heavy atom. The molecule has 0 saturated carbocycles. The Balaban J connectivity index is 0.00000109. The summed E-state index contributed by atoms with van der Waals surface area (Å²) >= 11 is 9.66. The van der Waals surface area contributed by atoms with Gasteiger partial charge in [0.15, 0.2) is 0 Å². The van der Waals surface area contributed by atoms with Gasteiger partial charge in [-0.05, 0) is 41.8 Å². The lowest BCUT2D eigenvalue weighted by molar-refractivity contribution is 1.15. The number of para-hydroxylation sites is 2. The number of nitrogens with zero attached hydrogens (tertiary/aromatic N) is 1. The minimum absolute atomic E-state index is 0.967. The summed E-state index contributed by atoms with van der Waals surface area (Å²) in [6.07, 6.45) is 0.967. The van der Waals surface area contributed by atoms with Crippen molar-refractivity contribution in [2.75, 3.05) is 0 Å². The topological polar surface area (TPSA) is 4.93 Å². The molecule has 0 spiro atoms. The predicted molar refractivity (Wildman–Crippen MR) is 861 cm³/mol. The first-order chi connectivity index (χ1) is 63.8. The van der Waals surface area contributed by atoms with Crippen LogP contribution in [0.3, 0.4) is 0 Å². The largest absolute Gasteiger partial charge is 0.309 e. The minimum Gasteiger partial charge on any atom is -0.309 e.